The third-order valence-electron chi connectivity index (χ3n) is 6.16. The highest BCUT2D eigenvalue weighted by atomic mass is 32.1. The largest absolute Gasteiger partial charge is 0.294 e. The first-order chi connectivity index (χ1) is 12.8. The Hall–Kier alpha value is -2.17. The monoisotopic (exact) mass is 360 g/mol. The van der Waals surface area contributed by atoms with Gasteiger partial charge < -0.3 is 0 Å². The van der Waals surface area contributed by atoms with Gasteiger partial charge in [0.05, 0.1) is 12.4 Å². The number of hydrogen-bond donors (Lipinski definition) is 0. The average Bonchev–Trinajstić information content (AvgIpc) is 3.33. The fourth-order valence-electron chi connectivity index (χ4n) is 4.82. The summed E-state index contributed by atoms with van der Waals surface area (Å²) in [7, 11) is 0. The van der Waals surface area contributed by atoms with Gasteiger partial charge in [-0.2, -0.15) is 0 Å². The number of benzene rings is 2. The van der Waals surface area contributed by atoms with Gasteiger partial charge >= 0.3 is 0 Å². The number of thiophene rings is 1. The van der Waals surface area contributed by atoms with E-state index in [1.807, 2.05) is 28.4 Å². The van der Waals surface area contributed by atoms with Gasteiger partial charge in [-0.25, -0.2) is 0 Å². The van der Waals surface area contributed by atoms with E-state index in [9.17, 15) is 4.79 Å². The first-order valence-electron chi connectivity index (χ1n) is 9.45. The summed E-state index contributed by atoms with van der Waals surface area (Å²) < 4.78 is 0. The van der Waals surface area contributed by atoms with Crippen LogP contribution >= 0.6 is 11.3 Å². The van der Waals surface area contributed by atoms with E-state index >= 15 is 0 Å². The van der Waals surface area contributed by atoms with Crippen molar-refractivity contribution in [3.05, 3.63) is 63.8 Å². The third-order valence-corrected chi connectivity index (χ3v) is 7.16. The normalized spacial score (nSPS) is 22.2. The van der Waals surface area contributed by atoms with Crippen LogP contribution in [-0.2, 0) is 6.42 Å². The molecule has 1 amide bonds. The Balaban J connectivity index is 1.39. The van der Waals surface area contributed by atoms with Gasteiger partial charge in [-0.15, -0.1) is 11.3 Å². The van der Waals surface area contributed by atoms with Crippen LogP contribution in [-0.4, -0.2) is 24.0 Å². The summed E-state index contributed by atoms with van der Waals surface area (Å²) in [6.45, 7) is 1.74. The number of nitrogens with zero attached hydrogens (tertiary/aromatic N) is 2. The summed E-state index contributed by atoms with van der Waals surface area (Å²) in [6, 6.07) is 15.1. The van der Waals surface area contributed by atoms with Crippen LogP contribution in [0.15, 0.2) is 47.8 Å². The Morgan fingerprint density at radius 3 is 2.77 bits per heavy atom. The number of hydrogen-bond acceptors (Lipinski definition) is 3. The van der Waals surface area contributed by atoms with Crippen LogP contribution in [0.4, 0.5) is 5.69 Å². The lowest BCUT2D eigenvalue weighted by molar-refractivity contribution is 0.0948. The van der Waals surface area contributed by atoms with Crippen LogP contribution in [0, 0.1) is 5.92 Å². The van der Waals surface area contributed by atoms with Gasteiger partial charge in [-0.05, 0) is 59.7 Å². The summed E-state index contributed by atoms with van der Waals surface area (Å²) in [5.41, 5.74) is 3.45. The smallest absolute Gasteiger partial charge is 0.260 e. The molecule has 3 aliphatic rings. The Labute approximate surface area is 156 Å². The van der Waals surface area contributed by atoms with Gasteiger partial charge in [0.1, 0.15) is 0 Å². The molecule has 1 aliphatic carbocycles. The van der Waals surface area contributed by atoms with Crippen molar-refractivity contribution in [1.29, 1.82) is 0 Å². The summed E-state index contributed by atoms with van der Waals surface area (Å²) in [6.07, 6.45) is 3.75. The molecule has 26 heavy (non-hydrogen) atoms. The van der Waals surface area contributed by atoms with Crippen molar-refractivity contribution in [2.75, 3.05) is 18.1 Å². The molecule has 1 aromatic heterocycles. The maximum atomic E-state index is 13.1. The molecule has 1 fully saturated rings. The second-order valence-electron chi connectivity index (χ2n) is 7.70. The lowest BCUT2D eigenvalue weighted by Gasteiger charge is -2.38. The van der Waals surface area contributed by atoms with Crippen LogP contribution in [0.5, 0.6) is 0 Å². The minimum absolute atomic E-state index is 0.155. The van der Waals surface area contributed by atoms with Gasteiger partial charge in [0, 0.05) is 28.4 Å². The maximum absolute atomic E-state index is 13.1. The fraction of sp³-hybridized carbons (Fsp3) is 0.318. The van der Waals surface area contributed by atoms with Crippen molar-refractivity contribution < 1.29 is 4.79 Å². The summed E-state index contributed by atoms with van der Waals surface area (Å²) in [5.74, 6) is 0.919. The molecule has 0 bridgehead atoms. The molecule has 3 nitrogen and oxygen atoms in total. The third kappa shape index (κ3) is 2.06. The van der Waals surface area contributed by atoms with Crippen molar-refractivity contribution in [2.45, 2.75) is 25.3 Å². The zero-order valence-electron chi connectivity index (χ0n) is 14.5. The zero-order valence-corrected chi connectivity index (χ0v) is 15.3. The standard InChI is InChI=1S/C22H20N2OS/c25-22-17-5-1-3-14-4-2-6-18(20(14)17)24(22)13-23-11-9-19-16(10-12-26-19)21(23)15-7-8-15/h1-6,10,12,15,21H,7-9,11,13H2/t21-/m1/s1. The lowest BCUT2D eigenvalue weighted by atomic mass is 9.96. The lowest BCUT2D eigenvalue weighted by Crippen LogP contribution is -2.45. The van der Waals surface area contributed by atoms with E-state index in [0.29, 0.717) is 12.7 Å². The van der Waals surface area contributed by atoms with Gasteiger partial charge in [-0.3, -0.25) is 14.6 Å². The topological polar surface area (TPSA) is 23.6 Å². The van der Waals surface area contributed by atoms with Crippen LogP contribution < -0.4 is 4.90 Å². The number of fused-ring (bicyclic) bond motifs is 1. The maximum Gasteiger partial charge on any atom is 0.260 e. The highest BCUT2D eigenvalue weighted by Crippen LogP contribution is 2.49. The minimum Gasteiger partial charge on any atom is -0.294 e. The molecule has 1 atom stereocenters. The molecule has 4 heteroatoms. The summed E-state index contributed by atoms with van der Waals surface area (Å²) >= 11 is 1.90. The Kier molecular flexibility index (Phi) is 3.11. The van der Waals surface area contributed by atoms with E-state index in [1.54, 1.807) is 4.88 Å². The molecule has 0 unspecified atom stereocenters. The number of amides is 1. The molecule has 0 spiro atoms. The predicted molar refractivity (Wildman–Crippen MR) is 106 cm³/mol. The molecule has 2 aliphatic heterocycles. The van der Waals surface area contributed by atoms with E-state index in [2.05, 4.69) is 40.6 Å². The van der Waals surface area contributed by atoms with E-state index in [1.165, 1.54) is 18.4 Å². The molecule has 2 aromatic carbocycles. The summed E-state index contributed by atoms with van der Waals surface area (Å²) in [4.78, 5) is 19.2. The average molecular weight is 360 g/mol. The van der Waals surface area contributed by atoms with Gasteiger partial charge in [0.15, 0.2) is 0 Å². The zero-order chi connectivity index (χ0) is 17.3. The van der Waals surface area contributed by atoms with Crippen LogP contribution in [0.1, 0.15) is 39.7 Å². The number of anilines is 1. The van der Waals surface area contributed by atoms with Crippen molar-refractivity contribution in [3.63, 3.8) is 0 Å². The van der Waals surface area contributed by atoms with Gasteiger partial charge in [0.2, 0.25) is 0 Å². The summed E-state index contributed by atoms with van der Waals surface area (Å²) in [5, 5.41) is 4.52. The molecule has 3 heterocycles. The molecule has 0 radical (unpaired) electrons. The Morgan fingerprint density at radius 1 is 1.08 bits per heavy atom. The number of carbonyl (C=O) groups excluding carboxylic acids is 1. The van der Waals surface area contributed by atoms with Crippen LogP contribution in [0.3, 0.4) is 0 Å². The van der Waals surface area contributed by atoms with Crippen molar-refractivity contribution in [3.8, 4) is 0 Å². The first-order valence-corrected chi connectivity index (χ1v) is 10.3. The van der Waals surface area contributed by atoms with E-state index in [-0.39, 0.29) is 5.91 Å². The van der Waals surface area contributed by atoms with Crippen LogP contribution in [0.2, 0.25) is 0 Å². The highest BCUT2D eigenvalue weighted by Gasteiger charge is 2.41. The SMILES string of the molecule is O=C1c2cccc3cccc(c23)N1CN1CCc2sccc2[C@H]1C1CC1. The molecule has 3 aromatic rings. The molecule has 0 N–H and O–H groups in total. The van der Waals surface area contributed by atoms with Crippen molar-refractivity contribution >= 4 is 33.7 Å². The Bertz CT molecular complexity index is 1030. The van der Waals surface area contributed by atoms with Gasteiger partial charge in [-0.1, -0.05) is 24.3 Å². The molecule has 1 saturated carbocycles. The van der Waals surface area contributed by atoms with E-state index in [0.717, 1.165) is 40.9 Å². The predicted octanol–water partition coefficient (Wildman–Crippen LogP) is 4.83. The van der Waals surface area contributed by atoms with Gasteiger partial charge in [0.25, 0.3) is 5.91 Å². The quantitative estimate of drug-likeness (QED) is 0.668. The first kappa shape index (κ1) is 14.9. The number of rotatable bonds is 3. The highest BCUT2D eigenvalue weighted by molar-refractivity contribution is 7.10. The second kappa shape index (κ2) is 5.41. The Morgan fingerprint density at radius 2 is 1.92 bits per heavy atom. The molecular weight excluding hydrogens is 340 g/mol. The van der Waals surface area contributed by atoms with Crippen molar-refractivity contribution in [1.82, 2.24) is 4.90 Å². The van der Waals surface area contributed by atoms with E-state index < -0.39 is 0 Å². The fourth-order valence-corrected chi connectivity index (χ4v) is 5.73. The molecule has 130 valence electrons. The second-order valence-corrected chi connectivity index (χ2v) is 8.70. The van der Waals surface area contributed by atoms with Crippen LogP contribution in [0.25, 0.3) is 10.8 Å². The molecule has 0 saturated heterocycles. The van der Waals surface area contributed by atoms with E-state index in [4.69, 9.17) is 0 Å². The molecular formula is C22H20N2OS. The van der Waals surface area contributed by atoms with Crippen molar-refractivity contribution in [2.24, 2.45) is 5.92 Å². The molecule has 6 rings (SSSR count). The number of carbonyl (C=O) groups is 1. The minimum atomic E-state index is 0.155.